The quantitative estimate of drug-likeness (QED) is 0.826. The van der Waals surface area contributed by atoms with Crippen molar-refractivity contribution in [2.75, 3.05) is 26.2 Å². The molecule has 0 aliphatic carbocycles. The van der Waals surface area contributed by atoms with Gasteiger partial charge >= 0.3 is 0 Å². The van der Waals surface area contributed by atoms with Crippen LogP contribution in [0.2, 0.25) is 0 Å². The van der Waals surface area contributed by atoms with Crippen molar-refractivity contribution in [3.05, 3.63) is 11.7 Å². The molecule has 2 fully saturated rings. The van der Waals surface area contributed by atoms with Crippen LogP contribution >= 0.6 is 0 Å². The van der Waals surface area contributed by atoms with Crippen LogP contribution in [-0.4, -0.2) is 47.1 Å². The molecule has 3 rings (SSSR count). The number of nitrogens with zero attached hydrogens (tertiary/aromatic N) is 3. The first-order valence-corrected chi connectivity index (χ1v) is 6.54. The van der Waals surface area contributed by atoms with E-state index < -0.39 is 0 Å². The van der Waals surface area contributed by atoms with E-state index in [1.165, 1.54) is 0 Å². The van der Waals surface area contributed by atoms with Crippen LogP contribution < -0.4 is 5.32 Å². The number of amides is 1. The average Bonchev–Trinajstić information content (AvgIpc) is 2.76. The van der Waals surface area contributed by atoms with Crippen LogP contribution in [0, 0.1) is 0 Å². The lowest BCUT2D eigenvalue weighted by atomic mass is 9.96. The predicted molar refractivity (Wildman–Crippen MR) is 64.1 cm³/mol. The molecule has 98 valence electrons. The average molecular weight is 250 g/mol. The Bertz CT molecular complexity index is 433. The molecule has 0 saturated carbocycles. The van der Waals surface area contributed by atoms with Gasteiger partial charge in [0.05, 0.1) is 5.92 Å². The Morgan fingerprint density at radius 1 is 1.33 bits per heavy atom. The molecule has 3 heterocycles. The predicted octanol–water partition coefficient (Wildman–Crippen LogP) is 0.482. The Hall–Kier alpha value is -1.43. The minimum Gasteiger partial charge on any atom is -0.343 e. The van der Waals surface area contributed by atoms with Crippen molar-refractivity contribution in [3.8, 4) is 0 Å². The fraction of sp³-hybridized carbons (Fsp3) is 0.750. The van der Waals surface area contributed by atoms with Gasteiger partial charge in [0.25, 0.3) is 0 Å². The summed E-state index contributed by atoms with van der Waals surface area (Å²) in [4.78, 5) is 17.6. The highest BCUT2D eigenvalue weighted by atomic mass is 16.5. The number of rotatable bonds is 2. The summed E-state index contributed by atoms with van der Waals surface area (Å²) in [7, 11) is 0. The second-order valence-corrected chi connectivity index (χ2v) is 5.13. The molecule has 1 aromatic rings. The van der Waals surface area contributed by atoms with Gasteiger partial charge in [-0.3, -0.25) is 4.79 Å². The zero-order valence-corrected chi connectivity index (χ0v) is 10.6. The standard InChI is InChI=1S/C12H18N4O2/c1-8(17)16-4-2-9(3-5-16)11-14-12(18-15-11)10-6-13-7-10/h9-10,13H,2-7H2,1H3. The van der Waals surface area contributed by atoms with Crippen molar-refractivity contribution >= 4 is 5.91 Å². The molecular formula is C12H18N4O2. The molecule has 0 spiro atoms. The maximum Gasteiger partial charge on any atom is 0.232 e. The van der Waals surface area contributed by atoms with Crippen molar-refractivity contribution in [1.82, 2.24) is 20.4 Å². The topological polar surface area (TPSA) is 71.3 Å². The zero-order chi connectivity index (χ0) is 12.5. The molecule has 18 heavy (non-hydrogen) atoms. The minimum atomic E-state index is 0.155. The van der Waals surface area contributed by atoms with Crippen molar-refractivity contribution in [1.29, 1.82) is 0 Å². The van der Waals surface area contributed by atoms with E-state index in [2.05, 4.69) is 15.5 Å². The van der Waals surface area contributed by atoms with E-state index >= 15 is 0 Å². The van der Waals surface area contributed by atoms with Crippen molar-refractivity contribution in [2.24, 2.45) is 0 Å². The van der Waals surface area contributed by atoms with Crippen LogP contribution in [0.1, 0.15) is 43.3 Å². The van der Waals surface area contributed by atoms with Crippen LogP contribution in [0.4, 0.5) is 0 Å². The third kappa shape index (κ3) is 2.12. The number of carbonyl (C=O) groups is 1. The van der Waals surface area contributed by atoms with Gasteiger partial charge in [0.1, 0.15) is 0 Å². The third-order valence-corrected chi connectivity index (χ3v) is 3.89. The number of aromatic nitrogens is 2. The zero-order valence-electron chi connectivity index (χ0n) is 10.6. The van der Waals surface area contributed by atoms with Crippen LogP contribution in [0.5, 0.6) is 0 Å². The van der Waals surface area contributed by atoms with Gasteiger partial charge in [-0.25, -0.2) is 0 Å². The molecule has 0 unspecified atom stereocenters. The smallest absolute Gasteiger partial charge is 0.232 e. The molecule has 6 nitrogen and oxygen atoms in total. The normalized spacial score (nSPS) is 21.9. The van der Waals surface area contributed by atoms with E-state index in [4.69, 9.17) is 4.52 Å². The van der Waals surface area contributed by atoms with Crippen LogP contribution in [0.3, 0.4) is 0 Å². The highest BCUT2D eigenvalue weighted by Crippen LogP contribution is 2.27. The lowest BCUT2D eigenvalue weighted by Crippen LogP contribution is -2.40. The first-order chi connectivity index (χ1) is 8.74. The van der Waals surface area contributed by atoms with Gasteiger partial charge in [0.2, 0.25) is 11.8 Å². The molecule has 0 bridgehead atoms. The highest BCUT2D eigenvalue weighted by molar-refractivity contribution is 5.73. The van der Waals surface area contributed by atoms with Gasteiger partial charge in [0.15, 0.2) is 5.82 Å². The van der Waals surface area contributed by atoms with E-state index in [1.807, 2.05) is 4.90 Å². The number of hydrogen-bond donors (Lipinski definition) is 1. The summed E-state index contributed by atoms with van der Waals surface area (Å²) in [5, 5.41) is 7.29. The first-order valence-electron chi connectivity index (χ1n) is 6.54. The van der Waals surface area contributed by atoms with Crippen molar-refractivity contribution in [2.45, 2.75) is 31.6 Å². The molecule has 0 atom stereocenters. The molecule has 2 aliphatic heterocycles. The van der Waals surface area contributed by atoms with Crippen molar-refractivity contribution < 1.29 is 9.32 Å². The van der Waals surface area contributed by atoms with Gasteiger partial charge < -0.3 is 14.7 Å². The summed E-state index contributed by atoms with van der Waals surface area (Å²) in [6.45, 7) is 5.09. The Labute approximate surface area is 106 Å². The fourth-order valence-corrected chi connectivity index (χ4v) is 2.49. The maximum absolute atomic E-state index is 11.3. The summed E-state index contributed by atoms with van der Waals surface area (Å²) < 4.78 is 5.31. The summed E-state index contributed by atoms with van der Waals surface area (Å²) in [5.41, 5.74) is 0. The summed E-state index contributed by atoms with van der Waals surface area (Å²) in [6, 6.07) is 0. The lowest BCUT2D eigenvalue weighted by Gasteiger charge is -2.29. The first kappa shape index (κ1) is 11.6. The highest BCUT2D eigenvalue weighted by Gasteiger charge is 2.29. The minimum absolute atomic E-state index is 0.155. The summed E-state index contributed by atoms with van der Waals surface area (Å²) >= 11 is 0. The van der Waals surface area contributed by atoms with E-state index in [0.717, 1.165) is 50.7 Å². The van der Waals surface area contributed by atoms with Crippen LogP contribution in [0.25, 0.3) is 0 Å². The molecule has 1 N–H and O–H groups in total. The fourth-order valence-electron chi connectivity index (χ4n) is 2.49. The van der Waals surface area contributed by atoms with E-state index in [0.29, 0.717) is 11.8 Å². The molecule has 6 heteroatoms. The number of carbonyl (C=O) groups excluding carboxylic acids is 1. The van der Waals surface area contributed by atoms with Gasteiger partial charge in [-0.15, -0.1) is 0 Å². The summed E-state index contributed by atoms with van der Waals surface area (Å²) in [6.07, 6.45) is 1.86. The molecule has 0 radical (unpaired) electrons. The second kappa shape index (κ2) is 4.68. The Morgan fingerprint density at radius 2 is 2.06 bits per heavy atom. The molecule has 2 saturated heterocycles. The van der Waals surface area contributed by atoms with Gasteiger partial charge in [-0.1, -0.05) is 5.16 Å². The SMILES string of the molecule is CC(=O)N1CCC(c2noc(C3CNC3)n2)CC1. The van der Waals surface area contributed by atoms with Crippen LogP contribution in [-0.2, 0) is 4.79 Å². The van der Waals surface area contributed by atoms with Gasteiger partial charge in [-0.2, -0.15) is 4.98 Å². The monoisotopic (exact) mass is 250 g/mol. The van der Waals surface area contributed by atoms with Crippen LogP contribution in [0.15, 0.2) is 4.52 Å². The molecule has 1 aromatic heterocycles. The van der Waals surface area contributed by atoms with E-state index in [1.54, 1.807) is 6.92 Å². The van der Waals surface area contributed by atoms with Gasteiger partial charge in [0, 0.05) is 39.0 Å². The molecular weight excluding hydrogens is 232 g/mol. The number of piperidine rings is 1. The Morgan fingerprint density at radius 3 is 2.61 bits per heavy atom. The molecule has 0 aromatic carbocycles. The molecule has 1 amide bonds. The maximum atomic E-state index is 11.3. The third-order valence-electron chi connectivity index (χ3n) is 3.89. The van der Waals surface area contributed by atoms with E-state index in [-0.39, 0.29) is 5.91 Å². The van der Waals surface area contributed by atoms with E-state index in [9.17, 15) is 4.79 Å². The number of nitrogens with one attached hydrogen (secondary N) is 1. The largest absolute Gasteiger partial charge is 0.343 e. The second-order valence-electron chi connectivity index (χ2n) is 5.13. The molecule has 2 aliphatic rings. The van der Waals surface area contributed by atoms with Gasteiger partial charge in [-0.05, 0) is 12.8 Å². The summed E-state index contributed by atoms with van der Waals surface area (Å²) in [5.74, 6) is 2.47. The Balaban J connectivity index is 1.62. The lowest BCUT2D eigenvalue weighted by molar-refractivity contribution is -0.129. The number of hydrogen-bond acceptors (Lipinski definition) is 5. The number of likely N-dealkylation sites (tertiary alicyclic amines) is 1. The van der Waals surface area contributed by atoms with Crippen molar-refractivity contribution in [3.63, 3.8) is 0 Å². The Kier molecular flexibility index (Phi) is 3.03.